The average Bonchev–Trinajstić information content (AvgIpc) is 3.89. The van der Waals surface area contributed by atoms with Crippen LogP contribution in [0.15, 0.2) is 152 Å². The Morgan fingerprint density at radius 3 is 2.07 bits per heavy atom. The topological polar surface area (TPSA) is 38.5 Å². The number of nitrogens with zero attached hydrogens (tertiary/aromatic N) is 5. The summed E-state index contributed by atoms with van der Waals surface area (Å²) in [7, 11) is -1.66. The first-order valence-corrected chi connectivity index (χ1v) is 23.4. The van der Waals surface area contributed by atoms with Crippen molar-refractivity contribution in [3.05, 3.63) is 176 Å². The minimum Gasteiger partial charge on any atom is -0.509 e. The predicted molar refractivity (Wildman–Crippen MR) is 243 cm³/mol. The van der Waals surface area contributed by atoms with Crippen LogP contribution in [0.2, 0.25) is 19.6 Å². The molecule has 4 heterocycles. The summed E-state index contributed by atoms with van der Waals surface area (Å²) < 4.78 is 11.3. The number of fused-ring (bicyclic) bond motifs is 6. The molecule has 59 heavy (non-hydrogen) atoms. The minimum atomic E-state index is -1.66. The molecule has 8 heteroatoms. The Kier molecular flexibility index (Phi) is 9.63. The molecule has 1 aliphatic rings. The van der Waals surface area contributed by atoms with Crippen LogP contribution in [0.1, 0.15) is 26.3 Å². The number of aromatic nitrogens is 3. The number of hydrogen-bond acceptors (Lipinski definition) is 4. The van der Waals surface area contributed by atoms with Gasteiger partial charge in [-0.05, 0) is 65.6 Å². The molecule has 0 fully saturated rings. The van der Waals surface area contributed by atoms with Gasteiger partial charge in [-0.3, -0.25) is 0 Å². The van der Waals surface area contributed by atoms with Crippen molar-refractivity contribution in [3.63, 3.8) is 0 Å². The maximum absolute atomic E-state index is 6.68. The van der Waals surface area contributed by atoms with E-state index in [4.69, 9.17) is 9.72 Å². The summed E-state index contributed by atoms with van der Waals surface area (Å²) in [5, 5.41) is 3.56. The van der Waals surface area contributed by atoms with Crippen molar-refractivity contribution in [1.82, 2.24) is 14.1 Å². The van der Waals surface area contributed by atoms with Crippen LogP contribution in [-0.4, -0.2) is 22.2 Å². The molecule has 6 aromatic carbocycles. The first-order valence-electron chi connectivity index (χ1n) is 19.9. The number of para-hydroxylation sites is 4. The molecule has 10 rings (SSSR count). The number of pyridine rings is 1. The Balaban J connectivity index is 0.00000449. The van der Waals surface area contributed by atoms with Crippen LogP contribution in [0.4, 0.5) is 22.7 Å². The van der Waals surface area contributed by atoms with Gasteiger partial charge in [-0.25, -0.2) is 4.98 Å². The number of hydrogen-bond donors (Lipinski definition) is 0. The molecule has 0 spiro atoms. The third kappa shape index (κ3) is 6.76. The van der Waals surface area contributed by atoms with E-state index >= 15 is 0 Å². The largest absolute Gasteiger partial charge is 0.509 e. The van der Waals surface area contributed by atoms with Gasteiger partial charge in [0.05, 0.1) is 19.1 Å². The maximum atomic E-state index is 6.68. The second kappa shape index (κ2) is 14.7. The molecule has 0 saturated heterocycles. The van der Waals surface area contributed by atoms with E-state index < -0.39 is 8.07 Å². The normalized spacial score (nSPS) is 13.0. The second-order valence-corrected chi connectivity index (χ2v) is 22.2. The molecule has 0 amide bonds. The molecule has 0 radical (unpaired) electrons. The van der Waals surface area contributed by atoms with Crippen LogP contribution in [0.5, 0.6) is 11.5 Å². The fourth-order valence-corrected chi connectivity index (χ4v) is 9.30. The summed E-state index contributed by atoms with van der Waals surface area (Å²) in [5.74, 6) is 2.08. The zero-order chi connectivity index (χ0) is 39.8. The standard InChI is InChI=1S/C51H44N5OSi.Pd/c1-51(2,3)35-16-14-19-37(30-35)53-34-54(46-25-13-12-24-45(46)53)38-20-15-21-39(31-38)57-40-26-27-43-47(32-40)56(48-33-41(28-29-52-48)58(4,5)6)50-42-22-10-11-23-44(42)55(49(43)50)36-17-8-7-9-18-36;/h7-30,33-34H,1-6H3;/q-3;. The van der Waals surface area contributed by atoms with Crippen molar-refractivity contribution in [2.24, 2.45) is 0 Å². The van der Waals surface area contributed by atoms with E-state index in [2.05, 4.69) is 206 Å². The van der Waals surface area contributed by atoms with Gasteiger partial charge in [0.15, 0.2) is 0 Å². The molecular formula is C51H44N5OPdSi-3. The Labute approximate surface area is 361 Å². The summed E-state index contributed by atoms with van der Waals surface area (Å²) in [6, 6.07) is 58.5. The molecule has 296 valence electrons. The van der Waals surface area contributed by atoms with Gasteiger partial charge in [0.2, 0.25) is 0 Å². The predicted octanol–water partition coefficient (Wildman–Crippen LogP) is 12.8. The van der Waals surface area contributed by atoms with E-state index in [0.29, 0.717) is 11.5 Å². The second-order valence-electron chi connectivity index (χ2n) is 17.1. The van der Waals surface area contributed by atoms with Gasteiger partial charge in [-0.15, -0.1) is 42.7 Å². The van der Waals surface area contributed by atoms with Crippen LogP contribution >= 0.6 is 0 Å². The zero-order valence-electron chi connectivity index (χ0n) is 34.0. The summed E-state index contributed by atoms with van der Waals surface area (Å²) in [5.41, 5.74) is 10.9. The summed E-state index contributed by atoms with van der Waals surface area (Å²) in [6.07, 6.45) is 1.95. The Bertz CT molecular complexity index is 3010. The zero-order valence-corrected chi connectivity index (χ0v) is 36.5. The fourth-order valence-electron chi connectivity index (χ4n) is 8.17. The first kappa shape index (κ1) is 38.6. The molecule has 0 saturated carbocycles. The SMILES string of the molecule is CC(C)(C)c1cccc(N2[CH-]N(c3[c-]c(Oc4[c-]c5c(cc4)c4c(c6ccccc6n4-c4ccccc4)n5-c4cc([Si](C)(C)C)ccn4)ccc3)c3ccccc32)c1.[Pd]. The van der Waals surface area contributed by atoms with E-state index in [9.17, 15) is 0 Å². The minimum absolute atomic E-state index is 0. The molecule has 9 aromatic rings. The third-order valence-corrected chi connectivity index (χ3v) is 13.2. The van der Waals surface area contributed by atoms with Crippen LogP contribution < -0.4 is 19.7 Å². The molecule has 3 aromatic heterocycles. The van der Waals surface area contributed by atoms with Crippen LogP contribution in [-0.2, 0) is 25.8 Å². The van der Waals surface area contributed by atoms with Gasteiger partial charge in [0.25, 0.3) is 0 Å². The first-order chi connectivity index (χ1) is 28.0. The van der Waals surface area contributed by atoms with Crippen molar-refractivity contribution < 1.29 is 25.2 Å². The van der Waals surface area contributed by atoms with E-state index in [1.54, 1.807) is 0 Å². The van der Waals surface area contributed by atoms with Gasteiger partial charge in [0, 0.05) is 71.8 Å². The van der Waals surface area contributed by atoms with Crippen LogP contribution in [0, 0.1) is 18.8 Å². The smallest absolute Gasteiger partial charge is 0.135 e. The molecule has 0 aliphatic carbocycles. The van der Waals surface area contributed by atoms with Gasteiger partial charge in [-0.2, -0.15) is 12.1 Å². The molecular weight excluding hydrogens is 833 g/mol. The van der Waals surface area contributed by atoms with Crippen molar-refractivity contribution in [2.75, 3.05) is 9.80 Å². The fraction of sp³-hybridized carbons (Fsp3) is 0.137. The van der Waals surface area contributed by atoms with E-state index in [1.165, 1.54) is 10.8 Å². The van der Waals surface area contributed by atoms with E-state index in [-0.39, 0.29) is 25.8 Å². The van der Waals surface area contributed by atoms with E-state index in [1.807, 2.05) is 24.4 Å². The number of benzene rings is 6. The Morgan fingerprint density at radius 1 is 0.610 bits per heavy atom. The third-order valence-electron chi connectivity index (χ3n) is 11.2. The van der Waals surface area contributed by atoms with Crippen LogP contribution in [0.25, 0.3) is 44.3 Å². The quantitative estimate of drug-likeness (QED) is 0.118. The average molecular weight is 877 g/mol. The van der Waals surface area contributed by atoms with Crippen molar-refractivity contribution >= 4 is 68.8 Å². The number of ether oxygens (including phenoxy) is 1. The summed E-state index contributed by atoms with van der Waals surface area (Å²) in [6.45, 7) is 16.0. The number of anilines is 4. The van der Waals surface area contributed by atoms with E-state index in [0.717, 1.165) is 67.1 Å². The summed E-state index contributed by atoms with van der Waals surface area (Å²) >= 11 is 0. The van der Waals surface area contributed by atoms with Crippen molar-refractivity contribution in [1.29, 1.82) is 0 Å². The summed E-state index contributed by atoms with van der Waals surface area (Å²) in [4.78, 5) is 9.45. The van der Waals surface area contributed by atoms with Gasteiger partial charge in [0.1, 0.15) is 5.82 Å². The number of rotatable bonds is 7. The van der Waals surface area contributed by atoms with Gasteiger partial charge < -0.3 is 23.7 Å². The molecule has 0 N–H and O–H groups in total. The van der Waals surface area contributed by atoms with Crippen molar-refractivity contribution in [3.8, 4) is 23.0 Å². The van der Waals surface area contributed by atoms with Crippen LogP contribution in [0.3, 0.4) is 0 Å². The van der Waals surface area contributed by atoms with Gasteiger partial charge >= 0.3 is 0 Å². The van der Waals surface area contributed by atoms with Crippen molar-refractivity contribution in [2.45, 2.75) is 45.8 Å². The Hall–Kier alpha value is -5.91. The molecule has 6 nitrogen and oxygen atoms in total. The maximum Gasteiger partial charge on any atom is 0.135 e. The molecule has 1 aliphatic heterocycles. The van der Waals surface area contributed by atoms with Gasteiger partial charge in [-0.1, -0.05) is 117 Å². The molecule has 0 unspecified atom stereocenters. The monoisotopic (exact) mass is 876 g/mol. The Morgan fingerprint density at radius 2 is 1.29 bits per heavy atom. The molecule has 0 bridgehead atoms. The molecule has 0 atom stereocenters.